The standard InChI is InChI=1S/C11H14F3NO/c1-7-4-3-5-9(6-7)10(16,8(2)15)11(12,13)14/h3-6,8,16H,15H2,1-2H3. The van der Waals surface area contributed by atoms with Crippen LogP contribution in [-0.2, 0) is 5.60 Å². The molecule has 0 aromatic heterocycles. The Bertz CT molecular complexity index is 376. The maximum Gasteiger partial charge on any atom is 0.422 e. The molecular weight excluding hydrogens is 219 g/mol. The van der Waals surface area contributed by atoms with Gasteiger partial charge in [-0.05, 0) is 19.4 Å². The molecule has 16 heavy (non-hydrogen) atoms. The van der Waals surface area contributed by atoms with Gasteiger partial charge < -0.3 is 10.8 Å². The van der Waals surface area contributed by atoms with E-state index in [1.165, 1.54) is 18.2 Å². The molecule has 2 unspecified atom stereocenters. The molecule has 0 saturated heterocycles. The second kappa shape index (κ2) is 4.07. The molecule has 0 heterocycles. The molecule has 0 spiro atoms. The summed E-state index contributed by atoms with van der Waals surface area (Å²) in [5.74, 6) is 0. The summed E-state index contributed by atoms with van der Waals surface area (Å²) in [6.07, 6.45) is -4.80. The molecule has 3 N–H and O–H groups in total. The highest BCUT2D eigenvalue weighted by Crippen LogP contribution is 2.40. The van der Waals surface area contributed by atoms with Crippen molar-refractivity contribution in [2.24, 2.45) is 5.73 Å². The number of benzene rings is 1. The molecular formula is C11H14F3NO. The van der Waals surface area contributed by atoms with Crippen molar-refractivity contribution in [3.63, 3.8) is 0 Å². The molecule has 0 radical (unpaired) electrons. The van der Waals surface area contributed by atoms with Crippen LogP contribution in [-0.4, -0.2) is 17.3 Å². The molecule has 0 aliphatic heterocycles. The molecule has 2 nitrogen and oxygen atoms in total. The summed E-state index contributed by atoms with van der Waals surface area (Å²) in [4.78, 5) is 0. The molecule has 0 saturated carbocycles. The summed E-state index contributed by atoms with van der Waals surface area (Å²) < 4.78 is 38.5. The van der Waals surface area contributed by atoms with E-state index in [9.17, 15) is 18.3 Å². The summed E-state index contributed by atoms with van der Waals surface area (Å²) in [5.41, 5.74) is 2.68. The number of aliphatic hydroxyl groups is 1. The number of aryl methyl sites for hydroxylation is 1. The fourth-order valence-electron chi connectivity index (χ4n) is 1.57. The Balaban J connectivity index is 3.34. The van der Waals surface area contributed by atoms with Crippen molar-refractivity contribution in [3.8, 4) is 0 Å². The molecule has 2 atom stereocenters. The lowest BCUT2D eigenvalue weighted by Gasteiger charge is -2.34. The van der Waals surface area contributed by atoms with Crippen LogP contribution in [0.5, 0.6) is 0 Å². The Labute approximate surface area is 91.9 Å². The van der Waals surface area contributed by atoms with Gasteiger partial charge in [0.1, 0.15) is 0 Å². The van der Waals surface area contributed by atoms with E-state index in [4.69, 9.17) is 5.73 Å². The highest BCUT2D eigenvalue weighted by Gasteiger charge is 2.57. The zero-order valence-corrected chi connectivity index (χ0v) is 9.05. The minimum atomic E-state index is -4.80. The second-order valence-electron chi connectivity index (χ2n) is 3.92. The van der Waals surface area contributed by atoms with Crippen LogP contribution in [0.2, 0.25) is 0 Å². The van der Waals surface area contributed by atoms with E-state index in [2.05, 4.69) is 0 Å². The molecule has 0 aliphatic rings. The van der Waals surface area contributed by atoms with E-state index in [0.717, 1.165) is 6.92 Å². The highest BCUT2D eigenvalue weighted by atomic mass is 19.4. The smallest absolute Gasteiger partial charge is 0.375 e. The highest BCUT2D eigenvalue weighted by molar-refractivity contribution is 5.30. The Morgan fingerprint density at radius 1 is 1.31 bits per heavy atom. The van der Waals surface area contributed by atoms with Gasteiger partial charge in [0.25, 0.3) is 0 Å². The number of rotatable bonds is 2. The van der Waals surface area contributed by atoms with Crippen molar-refractivity contribution in [2.45, 2.75) is 31.7 Å². The quantitative estimate of drug-likeness (QED) is 0.821. The maximum absolute atomic E-state index is 12.8. The molecule has 5 heteroatoms. The summed E-state index contributed by atoms with van der Waals surface area (Å²) in [6, 6.07) is 4.20. The Hall–Kier alpha value is -1.07. The van der Waals surface area contributed by atoms with Crippen LogP contribution in [0.4, 0.5) is 13.2 Å². The van der Waals surface area contributed by atoms with Crippen molar-refractivity contribution >= 4 is 0 Å². The second-order valence-corrected chi connectivity index (χ2v) is 3.92. The fraction of sp³-hybridized carbons (Fsp3) is 0.455. The summed E-state index contributed by atoms with van der Waals surface area (Å²) >= 11 is 0. The number of alkyl halides is 3. The average molecular weight is 233 g/mol. The van der Waals surface area contributed by atoms with E-state index in [-0.39, 0.29) is 5.56 Å². The topological polar surface area (TPSA) is 46.2 Å². The van der Waals surface area contributed by atoms with Crippen molar-refractivity contribution in [1.82, 2.24) is 0 Å². The lowest BCUT2D eigenvalue weighted by molar-refractivity contribution is -0.272. The van der Waals surface area contributed by atoms with E-state index in [1.54, 1.807) is 13.0 Å². The first kappa shape index (κ1) is 13.0. The van der Waals surface area contributed by atoms with Gasteiger partial charge in [0.05, 0.1) is 0 Å². The van der Waals surface area contributed by atoms with Crippen LogP contribution in [0.1, 0.15) is 18.1 Å². The largest absolute Gasteiger partial charge is 0.422 e. The number of hydrogen-bond acceptors (Lipinski definition) is 2. The van der Waals surface area contributed by atoms with Crippen LogP contribution in [0.15, 0.2) is 24.3 Å². The molecule has 1 aromatic rings. The average Bonchev–Trinajstić information content (AvgIpc) is 2.14. The van der Waals surface area contributed by atoms with Gasteiger partial charge in [-0.25, -0.2) is 0 Å². The molecule has 0 aliphatic carbocycles. The molecule has 1 rings (SSSR count). The SMILES string of the molecule is Cc1cccc(C(O)(C(C)N)C(F)(F)F)c1. The van der Waals surface area contributed by atoms with Crippen LogP contribution >= 0.6 is 0 Å². The van der Waals surface area contributed by atoms with Crippen LogP contribution in [0.25, 0.3) is 0 Å². The molecule has 0 fully saturated rings. The van der Waals surface area contributed by atoms with Gasteiger partial charge >= 0.3 is 6.18 Å². The van der Waals surface area contributed by atoms with E-state index < -0.39 is 17.8 Å². The summed E-state index contributed by atoms with van der Waals surface area (Å²) in [6.45, 7) is 2.79. The van der Waals surface area contributed by atoms with Crippen molar-refractivity contribution in [3.05, 3.63) is 35.4 Å². The van der Waals surface area contributed by atoms with Crippen LogP contribution in [0, 0.1) is 6.92 Å². The third-order valence-corrected chi connectivity index (χ3v) is 2.55. The fourth-order valence-corrected chi connectivity index (χ4v) is 1.57. The van der Waals surface area contributed by atoms with Gasteiger partial charge in [0.2, 0.25) is 5.60 Å². The van der Waals surface area contributed by atoms with Gasteiger partial charge in [-0.3, -0.25) is 0 Å². The van der Waals surface area contributed by atoms with E-state index >= 15 is 0 Å². The third kappa shape index (κ3) is 2.05. The van der Waals surface area contributed by atoms with Gasteiger partial charge in [-0.15, -0.1) is 0 Å². The predicted octanol–water partition coefficient (Wildman–Crippen LogP) is 2.09. The zero-order valence-electron chi connectivity index (χ0n) is 9.05. The van der Waals surface area contributed by atoms with Gasteiger partial charge in [0, 0.05) is 6.04 Å². The first-order chi connectivity index (χ1) is 7.19. The molecule has 0 amide bonds. The zero-order chi connectivity index (χ0) is 12.6. The minimum Gasteiger partial charge on any atom is -0.375 e. The normalized spacial score (nSPS) is 17.9. The van der Waals surface area contributed by atoms with Crippen molar-refractivity contribution in [2.75, 3.05) is 0 Å². The first-order valence-electron chi connectivity index (χ1n) is 4.81. The lowest BCUT2D eigenvalue weighted by Crippen LogP contribution is -2.54. The number of halogens is 3. The molecule has 0 bridgehead atoms. The Morgan fingerprint density at radius 3 is 2.25 bits per heavy atom. The number of nitrogens with two attached hydrogens (primary N) is 1. The van der Waals surface area contributed by atoms with Crippen molar-refractivity contribution in [1.29, 1.82) is 0 Å². The van der Waals surface area contributed by atoms with Gasteiger partial charge in [0.15, 0.2) is 0 Å². The van der Waals surface area contributed by atoms with Crippen LogP contribution in [0.3, 0.4) is 0 Å². The van der Waals surface area contributed by atoms with E-state index in [1.807, 2.05) is 0 Å². The maximum atomic E-state index is 12.8. The molecule has 90 valence electrons. The summed E-state index contributed by atoms with van der Waals surface area (Å²) in [5, 5.41) is 9.77. The lowest BCUT2D eigenvalue weighted by atomic mass is 9.86. The minimum absolute atomic E-state index is 0.227. The third-order valence-electron chi connectivity index (χ3n) is 2.55. The predicted molar refractivity (Wildman–Crippen MR) is 54.8 cm³/mol. The molecule has 1 aromatic carbocycles. The van der Waals surface area contributed by atoms with Gasteiger partial charge in [-0.2, -0.15) is 13.2 Å². The summed E-state index contributed by atoms with van der Waals surface area (Å²) in [7, 11) is 0. The van der Waals surface area contributed by atoms with E-state index in [0.29, 0.717) is 5.56 Å². The van der Waals surface area contributed by atoms with Gasteiger partial charge in [-0.1, -0.05) is 29.8 Å². The first-order valence-corrected chi connectivity index (χ1v) is 4.81. The monoisotopic (exact) mass is 233 g/mol. The van der Waals surface area contributed by atoms with Crippen LogP contribution < -0.4 is 5.73 Å². The number of hydrogen-bond donors (Lipinski definition) is 2. The Kier molecular flexibility index (Phi) is 3.30. The Morgan fingerprint density at radius 2 is 1.88 bits per heavy atom. The van der Waals surface area contributed by atoms with Crippen molar-refractivity contribution < 1.29 is 18.3 Å².